The molecule has 5 heteroatoms. The molecule has 1 N–H and O–H groups in total. The Hall–Kier alpha value is -0.550. The van der Waals surface area contributed by atoms with E-state index in [1.165, 1.54) is 6.07 Å². The molecule has 1 fully saturated rings. The van der Waals surface area contributed by atoms with Crippen LogP contribution in [0.15, 0.2) is 22.7 Å². The first-order chi connectivity index (χ1) is 6.97. The van der Waals surface area contributed by atoms with Crippen LogP contribution in [0.25, 0.3) is 0 Å². The number of rotatable bonds is 1. The van der Waals surface area contributed by atoms with Crippen LogP contribution >= 0.6 is 15.9 Å². The van der Waals surface area contributed by atoms with E-state index in [-0.39, 0.29) is 6.04 Å². The summed E-state index contributed by atoms with van der Waals surface area (Å²) in [6, 6.07) is 4.11. The fourth-order valence-corrected chi connectivity index (χ4v) is 2.06. The highest BCUT2D eigenvalue weighted by molar-refractivity contribution is 9.10. The lowest BCUT2D eigenvalue weighted by atomic mass is 9.96. The van der Waals surface area contributed by atoms with E-state index in [2.05, 4.69) is 21.2 Å². The number of nitrogens with one attached hydrogen (secondary N) is 1. The average Bonchev–Trinajstić information content (AvgIpc) is 1.97. The van der Waals surface area contributed by atoms with E-state index >= 15 is 0 Å². The number of hydrogen-bond acceptors (Lipinski definition) is 1. The van der Waals surface area contributed by atoms with Gasteiger partial charge in [-0.1, -0.05) is 15.9 Å². The van der Waals surface area contributed by atoms with Crippen molar-refractivity contribution in [2.45, 2.75) is 18.6 Å². The highest BCUT2D eigenvalue weighted by atomic mass is 79.9. The molecule has 0 spiro atoms. The largest absolute Gasteiger partial charge is 0.416 e. The minimum Gasteiger partial charge on any atom is -0.310 e. The monoisotopic (exact) mass is 279 g/mol. The molecule has 1 aromatic rings. The number of halogens is 4. The lowest BCUT2D eigenvalue weighted by molar-refractivity contribution is -0.137. The summed E-state index contributed by atoms with van der Waals surface area (Å²) in [7, 11) is 0. The van der Waals surface area contributed by atoms with Crippen LogP contribution in [-0.2, 0) is 6.18 Å². The van der Waals surface area contributed by atoms with E-state index in [1.807, 2.05) is 0 Å². The molecule has 1 aliphatic heterocycles. The van der Waals surface area contributed by atoms with Crippen molar-refractivity contribution in [1.29, 1.82) is 0 Å². The third-order valence-electron chi connectivity index (χ3n) is 2.47. The molecule has 0 aliphatic carbocycles. The van der Waals surface area contributed by atoms with Gasteiger partial charge in [-0.3, -0.25) is 0 Å². The molecule has 1 saturated heterocycles. The van der Waals surface area contributed by atoms with Crippen molar-refractivity contribution in [2.75, 3.05) is 6.54 Å². The zero-order chi connectivity index (χ0) is 11.1. The van der Waals surface area contributed by atoms with Gasteiger partial charge in [-0.25, -0.2) is 0 Å². The van der Waals surface area contributed by atoms with Crippen molar-refractivity contribution in [1.82, 2.24) is 5.32 Å². The maximum atomic E-state index is 12.5. The van der Waals surface area contributed by atoms with Gasteiger partial charge in [-0.15, -0.1) is 0 Å². The second-order valence-corrected chi connectivity index (χ2v) is 4.48. The van der Waals surface area contributed by atoms with Crippen molar-refractivity contribution >= 4 is 15.9 Å². The third-order valence-corrected chi connectivity index (χ3v) is 2.93. The smallest absolute Gasteiger partial charge is 0.310 e. The lowest BCUT2D eigenvalue weighted by Gasteiger charge is -2.28. The molecule has 1 atom stereocenters. The average molecular weight is 280 g/mol. The molecule has 1 nitrogen and oxygen atoms in total. The first-order valence-electron chi connectivity index (χ1n) is 4.58. The van der Waals surface area contributed by atoms with E-state index < -0.39 is 11.7 Å². The molecule has 1 aliphatic rings. The van der Waals surface area contributed by atoms with Crippen LogP contribution in [-0.4, -0.2) is 6.54 Å². The Kier molecular flexibility index (Phi) is 2.77. The summed E-state index contributed by atoms with van der Waals surface area (Å²) in [5, 5.41) is 3.08. The van der Waals surface area contributed by atoms with Crippen LogP contribution in [0.3, 0.4) is 0 Å². The van der Waals surface area contributed by atoms with Crippen LogP contribution in [0.4, 0.5) is 13.2 Å². The zero-order valence-electron chi connectivity index (χ0n) is 7.74. The maximum absolute atomic E-state index is 12.5. The fourth-order valence-electron chi connectivity index (χ4n) is 1.55. The number of alkyl halides is 3. The number of benzene rings is 1. The Labute approximate surface area is 93.8 Å². The molecular formula is C10H9BrF3N. The van der Waals surface area contributed by atoms with Crippen LogP contribution < -0.4 is 5.32 Å². The van der Waals surface area contributed by atoms with Gasteiger partial charge in [0.05, 0.1) is 5.56 Å². The van der Waals surface area contributed by atoms with Crippen molar-refractivity contribution in [3.05, 3.63) is 33.8 Å². The molecule has 82 valence electrons. The molecule has 0 unspecified atom stereocenters. The predicted molar refractivity (Wildman–Crippen MR) is 54.5 cm³/mol. The Balaban J connectivity index is 2.36. The van der Waals surface area contributed by atoms with E-state index in [9.17, 15) is 13.2 Å². The Morgan fingerprint density at radius 1 is 1.27 bits per heavy atom. The molecule has 1 heterocycles. The summed E-state index contributed by atoms with van der Waals surface area (Å²) in [5.74, 6) is 0. The van der Waals surface area contributed by atoms with E-state index in [1.54, 1.807) is 6.07 Å². The molecule has 0 amide bonds. The maximum Gasteiger partial charge on any atom is 0.416 e. The lowest BCUT2D eigenvalue weighted by Crippen LogP contribution is -2.35. The first-order valence-corrected chi connectivity index (χ1v) is 5.37. The molecule has 0 aromatic heterocycles. The second kappa shape index (κ2) is 3.79. The van der Waals surface area contributed by atoms with Crippen LogP contribution in [0.2, 0.25) is 0 Å². The van der Waals surface area contributed by atoms with Crippen LogP contribution in [0, 0.1) is 0 Å². The van der Waals surface area contributed by atoms with Gasteiger partial charge in [-0.05, 0) is 36.7 Å². The predicted octanol–water partition coefficient (Wildman–Crippen LogP) is 3.50. The van der Waals surface area contributed by atoms with Crippen LogP contribution in [0.1, 0.15) is 23.6 Å². The zero-order valence-corrected chi connectivity index (χ0v) is 9.32. The topological polar surface area (TPSA) is 12.0 Å². The molecule has 0 saturated carbocycles. The summed E-state index contributed by atoms with van der Waals surface area (Å²) in [6.07, 6.45) is -3.38. The molecule has 0 bridgehead atoms. The summed E-state index contributed by atoms with van der Waals surface area (Å²) in [6.45, 7) is 0.874. The quantitative estimate of drug-likeness (QED) is 0.830. The SMILES string of the molecule is FC(F)(F)c1cc(Br)cc([C@H]2CCN2)c1. The molecule has 2 rings (SSSR count). The standard InChI is InChI=1S/C10H9BrF3N/c11-8-4-6(9-1-2-15-9)3-7(5-8)10(12,13)14/h3-5,9,15H,1-2H2/t9-/m1/s1. The number of hydrogen-bond donors (Lipinski definition) is 1. The highest BCUT2D eigenvalue weighted by Crippen LogP contribution is 2.34. The van der Waals surface area contributed by atoms with Crippen molar-refractivity contribution < 1.29 is 13.2 Å². The molecule has 1 aromatic carbocycles. The minimum absolute atomic E-state index is 0.0728. The van der Waals surface area contributed by atoms with Gasteiger partial charge in [0.15, 0.2) is 0 Å². The van der Waals surface area contributed by atoms with Gasteiger partial charge < -0.3 is 5.32 Å². The van der Waals surface area contributed by atoms with Gasteiger partial charge in [0.1, 0.15) is 0 Å². The summed E-state index contributed by atoms with van der Waals surface area (Å²) in [4.78, 5) is 0. The first kappa shape index (κ1) is 11.0. The summed E-state index contributed by atoms with van der Waals surface area (Å²) in [5.41, 5.74) is 0.100. The Bertz CT molecular complexity index is 371. The van der Waals surface area contributed by atoms with E-state index in [0.717, 1.165) is 19.0 Å². The molecule has 15 heavy (non-hydrogen) atoms. The Morgan fingerprint density at radius 2 is 1.93 bits per heavy atom. The van der Waals surface area contributed by atoms with E-state index in [0.29, 0.717) is 10.0 Å². The van der Waals surface area contributed by atoms with Gasteiger partial charge in [0.25, 0.3) is 0 Å². The Morgan fingerprint density at radius 3 is 2.40 bits per heavy atom. The fraction of sp³-hybridized carbons (Fsp3) is 0.400. The van der Waals surface area contributed by atoms with Gasteiger partial charge in [0, 0.05) is 10.5 Å². The van der Waals surface area contributed by atoms with E-state index in [4.69, 9.17) is 0 Å². The third kappa shape index (κ3) is 2.34. The summed E-state index contributed by atoms with van der Waals surface area (Å²) >= 11 is 3.10. The normalized spacial score (nSPS) is 21.2. The summed E-state index contributed by atoms with van der Waals surface area (Å²) < 4.78 is 37.9. The van der Waals surface area contributed by atoms with Crippen molar-refractivity contribution in [3.8, 4) is 0 Å². The van der Waals surface area contributed by atoms with Gasteiger partial charge in [0.2, 0.25) is 0 Å². The van der Waals surface area contributed by atoms with Crippen molar-refractivity contribution in [3.63, 3.8) is 0 Å². The molecular weight excluding hydrogens is 271 g/mol. The van der Waals surface area contributed by atoms with Gasteiger partial charge >= 0.3 is 6.18 Å². The van der Waals surface area contributed by atoms with Crippen molar-refractivity contribution in [2.24, 2.45) is 0 Å². The highest BCUT2D eigenvalue weighted by Gasteiger charge is 2.32. The molecule has 0 radical (unpaired) electrons. The van der Waals surface area contributed by atoms with Gasteiger partial charge in [-0.2, -0.15) is 13.2 Å². The minimum atomic E-state index is -4.28. The second-order valence-electron chi connectivity index (χ2n) is 3.57. The van der Waals surface area contributed by atoms with Crippen LogP contribution in [0.5, 0.6) is 0 Å².